The Labute approximate surface area is 122 Å². The number of methoxy groups -OCH3 is 1. The fraction of sp³-hybridized carbons (Fsp3) is 0.867. The first-order valence-electron chi connectivity index (χ1n) is 7.70. The SMILES string of the molecule is CCCN(CCC)C(=O)CN1CCCC(C(=O)OC)C1. The maximum atomic E-state index is 12.3. The molecule has 0 aliphatic carbocycles. The fourth-order valence-corrected chi connectivity index (χ4v) is 2.75. The number of carbonyl (C=O) groups excluding carboxylic acids is 2. The second kappa shape index (κ2) is 8.95. The van der Waals surface area contributed by atoms with Crippen molar-refractivity contribution >= 4 is 11.9 Å². The Morgan fingerprint density at radius 1 is 1.25 bits per heavy atom. The standard InChI is InChI=1S/C15H28N2O3/c1-4-8-17(9-5-2)14(18)12-16-10-6-7-13(11-16)15(19)20-3/h13H,4-12H2,1-3H3. The molecule has 1 amide bonds. The molecule has 1 unspecified atom stereocenters. The van der Waals surface area contributed by atoms with Gasteiger partial charge in [-0.2, -0.15) is 0 Å². The van der Waals surface area contributed by atoms with Crippen LogP contribution in [0.25, 0.3) is 0 Å². The molecule has 0 N–H and O–H groups in total. The molecule has 0 spiro atoms. The highest BCUT2D eigenvalue weighted by Crippen LogP contribution is 2.17. The van der Waals surface area contributed by atoms with Crippen LogP contribution >= 0.6 is 0 Å². The van der Waals surface area contributed by atoms with Crippen LogP contribution in [0.15, 0.2) is 0 Å². The molecule has 0 aromatic heterocycles. The zero-order chi connectivity index (χ0) is 15.0. The van der Waals surface area contributed by atoms with Crippen LogP contribution in [0.3, 0.4) is 0 Å². The number of likely N-dealkylation sites (tertiary alicyclic amines) is 1. The van der Waals surface area contributed by atoms with Gasteiger partial charge >= 0.3 is 5.97 Å². The van der Waals surface area contributed by atoms with E-state index in [1.807, 2.05) is 4.90 Å². The predicted octanol–water partition coefficient (Wildman–Crippen LogP) is 1.52. The molecule has 1 rings (SSSR count). The quantitative estimate of drug-likeness (QED) is 0.665. The first kappa shape index (κ1) is 17.0. The van der Waals surface area contributed by atoms with Gasteiger partial charge in [0.05, 0.1) is 19.6 Å². The van der Waals surface area contributed by atoms with Gasteiger partial charge in [-0.3, -0.25) is 14.5 Å². The summed E-state index contributed by atoms with van der Waals surface area (Å²) in [6.45, 7) is 7.78. The number of ether oxygens (including phenoxy) is 1. The molecular weight excluding hydrogens is 256 g/mol. The first-order chi connectivity index (χ1) is 9.62. The molecule has 5 nitrogen and oxygen atoms in total. The van der Waals surface area contributed by atoms with Gasteiger partial charge in [0.2, 0.25) is 5.91 Å². The molecular formula is C15H28N2O3. The molecule has 1 aliphatic heterocycles. The van der Waals surface area contributed by atoms with Crippen LogP contribution in [0, 0.1) is 5.92 Å². The third kappa shape index (κ3) is 5.12. The third-order valence-corrected chi connectivity index (χ3v) is 3.74. The van der Waals surface area contributed by atoms with Crippen molar-refractivity contribution in [1.29, 1.82) is 0 Å². The minimum absolute atomic E-state index is 0.0765. The Balaban J connectivity index is 2.49. The van der Waals surface area contributed by atoms with E-state index in [4.69, 9.17) is 4.74 Å². The van der Waals surface area contributed by atoms with Crippen LogP contribution < -0.4 is 0 Å². The van der Waals surface area contributed by atoms with E-state index in [9.17, 15) is 9.59 Å². The first-order valence-corrected chi connectivity index (χ1v) is 7.70. The van der Waals surface area contributed by atoms with Crippen LogP contribution in [0.4, 0.5) is 0 Å². The highest BCUT2D eigenvalue weighted by molar-refractivity contribution is 5.78. The van der Waals surface area contributed by atoms with Crippen molar-refractivity contribution in [1.82, 2.24) is 9.80 Å². The summed E-state index contributed by atoms with van der Waals surface area (Å²) in [5, 5.41) is 0. The number of carbonyl (C=O) groups is 2. The molecule has 116 valence electrons. The zero-order valence-electron chi connectivity index (χ0n) is 13.1. The zero-order valence-corrected chi connectivity index (χ0v) is 13.1. The van der Waals surface area contributed by atoms with E-state index in [-0.39, 0.29) is 17.8 Å². The second-order valence-corrected chi connectivity index (χ2v) is 5.48. The maximum absolute atomic E-state index is 12.3. The lowest BCUT2D eigenvalue weighted by molar-refractivity contribution is -0.148. The van der Waals surface area contributed by atoms with Crippen molar-refractivity contribution < 1.29 is 14.3 Å². The molecule has 1 aliphatic rings. The van der Waals surface area contributed by atoms with Crippen molar-refractivity contribution in [3.8, 4) is 0 Å². The Hall–Kier alpha value is -1.10. The average molecular weight is 284 g/mol. The topological polar surface area (TPSA) is 49.9 Å². The number of esters is 1. The molecule has 0 aromatic rings. The van der Waals surface area contributed by atoms with Crippen molar-refractivity contribution in [3.63, 3.8) is 0 Å². The Morgan fingerprint density at radius 2 is 1.90 bits per heavy atom. The summed E-state index contributed by atoms with van der Waals surface area (Å²) in [5.41, 5.74) is 0. The average Bonchev–Trinajstić information content (AvgIpc) is 2.46. The van der Waals surface area contributed by atoms with Crippen LogP contribution in [0.2, 0.25) is 0 Å². The van der Waals surface area contributed by atoms with Gasteiger partial charge in [0.1, 0.15) is 0 Å². The summed E-state index contributed by atoms with van der Waals surface area (Å²) in [4.78, 5) is 27.9. The highest BCUT2D eigenvalue weighted by atomic mass is 16.5. The van der Waals surface area contributed by atoms with E-state index in [0.29, 0.717) is 13.1 Å². The van der Waals surface area contributed by atoms with Crippen molar-refractivity contribution in [2.24, 2.45) is 5.92 Å². The molecule has 0 radical (unpaired) electrons. The van der Waals surface area contributed by atoms with Crippen molar-refractivity contribution in [2.75, 3.05) is 39.8 Å². The molecule has 0 aromatic carbocycles. The van der Waals surface area contributed by atoms with Crippen molar-refractivity contribution in [3.05, 3.63) is 0 Å². The lowest BCUT2D eigenvalue weighted by atomic mass is 9.98. The van der Waals surface area contributed by atoms with Crippen molar-refractivity contribution in [2.45, 2.75) is 39.5 Å². The number of rotatable bonds is 7. The Kier molecular flexibility index (Phi) is 7.59. The number of nitrogens with zero attached hydrogens (tertiary/aromatic N) is 2. The van der Waals surface area contributed by atoms with Gasteiger partial charge < -0.3 is 9.64 Å². The Bertz CT molecular complexity index is 314. The molecule has 1 saturated heterocycles. The lowest BCUT2D eigenvalue weighted by Crippen LogP contribution is -2.46. The minimum atomic E-state index is -0.152. The summed E-state index contributed by atoms with van der Waals surface area (Å²) in [7, 11) is 1.43. The fourth-order valence-electron chi connectivity index (χ4n) is 2.75. The molecule has 1 atom stereocenters. The van der Waals surface area contributed by atoms with Gasteiger partial charge in [0.15, 0.2) is 0 Å². The van der Waals surface area contributed by atoms with Gasteiger partial charge in [-0.25, -0.2) is 0 Å². The largest absolute Gasteiger partial charge is 0.469 e. The normalized spacial score (nSPS) is 19.6. The highest BCUT2D eigenvalue weighted by Gasteiger charge is 2.28. The van der Waals surface area contributed by atoms with E-state index < -0.39 is 0 Å². The summed E-state index contributed by atoms with van der Waals surface area (Å²) in [6.07, 6.45) is 3.78. The number of amides is 1. The van der Waals surface area contributed by atoms with E-state index in [1.54, 1.807) is 0 Å². The summed E-state index contributed by atoms with van der Waals surface area (Å²) < 4.78 is 4.81. The summed E-state index contributed by atoms with van der Waals surface area (Å²) in [6, 6.07) is 0. The molecule has 20 heavy (non-hydrogen) atoms. The lowest BCUT2D eigenvalue weighted by Gasteiger charge is -2.32. The van der Waals surface area contributed by atoms with E-state index in [1.165, 1.54) is 7.11 Å². The maximum Gasteiger partial charge on any atom is 0.309 e. The van der Waals surface area contributed by atoms with E-state index >= 15 is 0 Å². The van der Waals surface area contributed by atoms with Gasteiger partial charge in [0.25, 0.3) is 0 Å². The monoisotopic (exact) mass is 284 g/mol. The third-order valence-electron chi connectivity index (χ3n) is 3.74. The van der Waals surface area contributed by atoms with Gasteiger partial charge in [-0.15, -0.1) is 0 Å². The smallest absolute Gasteiger partial charge is 0.309 e. The van der Waals surface area contributed by atoms with Crippen LogP contribution in [-0.2, 0) is 14.3 Å². The van der Waals surface area contributed by atoms with Gasteiger partial charge in [-0.05, 0) is 32.2 Å². The molecule has 1 heterocycles. The molecule has 1 fully saturated rings. The summed E-state index contributed by atoms with van der Waals surface area (Å²) >= 11 is 0. The number of hydrogen-bond donors (Lipinski definition) is 0. The van der Waals surface area contributed by atoms with E-state index in [2.05, 4.69) is 18.7 Å². The van der Waals surface area contributed by atoms with Gasteiger partial charge in [0, 0.05) is 19.6 Å². The summed E-state index contributed by atoms with van der Waals surface area (Å²) in [5.74, 6) is -0.0484. The minimum Gasteiger partial charge on any atom is -0.469 e. The van der Waals surface area contributed by atoms with Crippen LogP contribution in [0.5, 0.6) is 0 Å². The number of hydrogen-bond acceptors (Lipinski definition) is 4. The second-order valence-electron chi connectivity index (χ2n) is 5.48. The predicted molar refractivity (Wildman–Crippen MR) is 78.3 cm³/mol. The van der Waals surface area contributed by atoms with Crippen LogP contribution in [-0.4, -0.2) is 61.5 Å². The van der Waals surface area contributed by atoms with E-state index in [0.717, 1.165) is 45.3 Å². The number of piperidine rings is 1. The van der Waals surface area contributed by atoms with Gasteiger partial charge in [-0.1, -0.05) is 13.8 Å². The molecule has 5 heteroatoms. The molecule has 0 saturated carbocycles. The Morgan fingerprint density at radius 3 is 2.45 bits per heavy atom. The molecule has 0 bridgehead atoms. The van der Waals surface area contributed by atoms with Crippen LogP contribution in [0.1, 0.15) is 39.5 Å².